The Labute approximate surface area is 112 Å². The molecule has 2 aromatic heterocycles. The Balaban J connectivity index is 1.65. The smallest absolute Gasteiger partial charge is 0.225 e. The van der Waals surface area contributed by atoms with Crippen molar-refractivity contribution < 1.29 is 0 Å². The van der Waals surface area contributed by atoms with E-state index in [4.69, 9.17) is 0 Å². The van der Waals surface area contributed by atoms with E-state index < -0.39 is 0 Å². The maximum absolute atomic E-state index is 4.48. The summed E-state index contributed by atoms with van der Waals surface area (Å²) in [7, 11) is 0. The van der Waals surface area contributed by atoms with Crippen LogP contribution in [0.4, 0.5) is 11.8 Å². The molecule has 0 spiro atoms. The van der Waals surface area contributed by atoms with Crippen LogP contribution < -0.4 is 9.80 Å². The largest absolute Gasteiger partial charge is 0.353 e. The molecule has 0 N–H and O–H groups in total. The molecule has 98 valence electrons. The minimum Gasteiger partial charge on any atom is -0.353 e. The van der Waals surface area contributed by atoms with E-state index in [1.54, 1.807) is 12.4 Å². The molecule has 1 aliphatic rings. The Kier molecular flexibility index (Phi) is 3.27. The standard InChI is InChI=1S/C14H17N5/c1-12-3-4-13(17-11-12)18-7-9-19(10-8-18)14-15-5-2-6-16-14/h2-6,11H,7-10H2,1H3. The summed E-state index contributed by atoms with van der Waals surface area (Å²) in [4.78, 5) is 17.6. The fourth-order valence-corrected chi connectivity index (χ4v) is 2.24. The molecule has 0 unspecified atom stereocenters. The monoisotopic (exact) mass is 255 g/mol. The van der Waals surface area contributed by atoms with Gasteiger partial charge in [0.2, 0.25) is 5.95 Å². The molecule has 0 aromatic carbocycles. The van der Waals surface area contributed by atoms with Crippen molar-refractivity contribution in [3.8, 4) is 0 Å². The van der Waals surface area contributed by atoms with Gasteiger partial charge in [0.25, 0.3) is 0 Å². The van der Waals surface area contributed by atoms with Crippen LogP contribution in [0, 0.1) is 6.92 Å². The fourth-order valence-electron chi connectivity index (χ4n) is 2.24. The minimum atomic E-state index is 0.819. The van der Waals surface area contributed by atoms with Gasteiger partial charge in [-0.3, -0.25) is 0 Å². The van der Waals surface area contributed by atoms with Crippen molar-refractivity contribution >= 4 is 11.8 Å². The highest BCUT2D eigenvalue weighted by molar-refractivity contribution is 5.42. The number of aryl methyl sites for hydroxylation is 1. The molecular weight excluding hydrogens is 238 g/mol. The zero-order valence-corrected chi connectivity index (χ0v) is 11.0. The van der Waals surface area contributed by atoms with E-state index in [2.05, 4.69) is 43.8 Å². The zero-order valence-electron chi connectivity index (χ0n) is 11.0. The Morgan fingerprint density at radius 2 is 1.58 bits per heavy atom. The quantitative estimate of drug-likeness (QED) is 0.814. The summed E-state index contributed by atoms with van der Waals surface area (Å²) in [6.07, 6.45) is 5.49. The van der Waals surface area contributed by atoms with Gasteiger partial charge in [0.1, 0.15) is 5.82 Å². The number of aromatic nitrogens is 3. The lowest BCUT2D eigenvalue weighted by molar-refractivity contribution is 0.634. The Hall–Kier alpha value is -2.17. The highest BCUT2D eigenvalue weighted by atomic mass is 15.3. The summed E-state index contributed by atoms with van der Waals surface area (Å²) in [6.45, 7) is 5.82. The number of hydrogen-bond acceptors (Lipinski definition) is 5. The Morgan fingerprint density at radius 3 is 2.21 bits per heavy atom. The lowest BCUT2D eigenvalue weighted by atomic mass is 10.3. The number of piperazine rings is 1. The van der Waals surface area contributed by atoms with Gasteiger partial charge in [-0.2, -0.15) is 0 Å². The Morgan fingerprint density at radius 1 is 0.895 bits per heavy atom. The molecule has 0 saturated carbocycles. The fraction of sp³-hybridized carbons (Fsp3) is 0.357. The van der Waals surface area contributed by atoms with E-state index in [0.29, 0.717) is 0 Å². The molecule has 0 bridgehead atoms. The SMILES string of the molecule is Cc1ccc(N2CCN(c3ncccn3)CC2)nc1. The van der Waals surface area contributed by atoms with Gasteiger partial charge in [-0.25, -0.2) is 15.0 Å². The van der Waals surface area contributed by atoms with Gasteiger partial charge in [0.15, 0.2) is 0 Å². The minimum absolute atomic E-state index is 0.819. The lowest BCUT2D eigenvalue weighted by Gasteiger charge is -2.35. The van der Waals surface area contributed by atoms with Crippen LogP contribution >= 0.6 is 0 Å². The van der Waals surface area contributed by atoms with Crippen molar-refractivity contribution in [3.05, 3.63) is 42.4 Å². The van der Waals surface area contributed by atoms with Crippen LogP contribution in [-0.2, 0) is 0 Å². The van der Waals surface area contributed by atoms with E-state index in [-0.39, 0.29) is 0 Å². The van der Waals surface area contributed by atoms with Crippen molar-refractivity contribution in [3.63, 3.8) is 0 Å². The van der Waals surface area contributed by atoms with Crippen LogP contribution in [-0.4, -0.2) is 41.1 Å². The lowest BCUT2D eigenvalue weighted by Crippen LogP contribution is -2.47. The Bertz CT molecular complexity index is 517. The van der Waals surface area contributed by atoms with Gasteiger partial charge in [0, 0.05) is 44.8 Å². The van der Waals surface area contributed by atoms with Gasteiger partial charge in [-0.05, 0) is 24.6 Å². The molecule has 19 heavy (non-hydrogen) atoms. The van der Waals surface area contributed by atoms with Crippen LogP contribution in [0.25, 0.3) is 0 Å². The maximum atomic E-state index is 4.48. The van der Waals surface area contributed by atoms with E-state index >= 15 is 0 Å². The van der Waals surface area contributed by atoms with Crippen molar-refractivity contribution in [1.82, 2.24) is 15.0 Å². The molecule has 1 fully saturated rings. The third kappa shape index (κ3) is 2.65. The summed E-state index contributed by atoms with van der Waals surface area (Å²) in [6, 6.07) is 6.04. The molecule has 2 aromatic rings. The molecule has 5 heteroatoms. The predicted octanol–water partition coefficient (Wildman–Crippen LogP) is 1.51. The van der Waals surface area contributed by atoms with Gasteiger partial charge in [0.05, 0.1) is 0 Å². The van der Waals surface area contributed by atoms with E-state index in [1.807, 2.05) is 12.3 Å². The first-order valence-corrected chi connectivity index (χ1v) is 6.52. The van der Waals surface area contributed by atoms with Gasteiger partial charge in [-0.1, -0.05) is 6.07 Å². The van der Waals surface area contributed by atoms with Crippen LogP contribution in [0.3, 0.4) is 0 Å². The van der Waals surface area contributed by atoms with Crippen LogP contribution in [0.2, 0.25) is 0 Å². The number of nitrogens with zero attached hydrogens (tertiary/aromatic N) is 5. The van der Waals surface area contributed by atoms with Crippen LogP contribution in [0.5, 0.6) is 0 Å². The highest BCUT2D eigenvalue weighted by Gasteiger charge is 2.19. The molecular formula is C14H17N5. The molecule has 0 amide bonds. The summed E-state index contributed by atoms with van der Waals surface area (Å²) in [5, 5.41) is 0. The first-order valence-electron chi connectivity index (χ1n) is 6.52. The maximum Gasteiger partial charge on any atom is 0.225 e. The number of hydrogen-bond donors (Lipinski definition) is 0. The molecule has 1 aliphatic heterocycles. The first-order chi connectivity index (χ1) is 9.33. The second kappa shape index (κ2) is 5.22. The molecule has 0 aliphatic carbocycles. The average molecular weight is 255 g/mol. The third-order valence-electron chi connectivity index (χ3n) is 3.33. The second-order valence-corrected chi connectivity index (χ2v) is 4.72. The van der Waals surface area contributed by atoms with Crippen molar-refractivity contribution in [2.45, 2.75) is 6.92 Å². The summed E-state index contributed by atoms with van der Waals surface area (Å²) >= 11 is 0. The van der Waals surface area contributed by atoms with Crippen LogP contribution in [0.15, 0.2) is 36.8 Å². The second-order valence-electron chi connectivity index (χ2n) is 4.72. The molecule has 0 atom stereocenters. The molecule has 0 radical (unpaired) electrons. The van der Waals surface area contributed by atoms with Crippen molar-refractivity contribution in [2.75, 3.05) is 36.0 Å². The summed E-state index contributed by atoms with van der Waals surface area (Å²) in [5.41, 5.74) is 1.19. The summed E-state index contributed by atoms with van der Waals surface area (Å²) < 4.78 is 0. The molecule has 3 rings (SSSR count). The van der Waals surface area contributed by atoms with E-state index in [0.717, 1.165) is 37.9 Å². The van der Waals surface area contributed by atoms with Gasteiger partial charge in [-0.15, -0.1) is 0 Å². The van der Waals surface area contributed by atoms with E-state index in [1.165, 1.54) is 5.56 Å². The van der Waals surface area contributed by atoms with E-state index in [9.17, 15) is 0 Å². The topological polar surface area (TPSA) is 45.2 Å². The van der Waals surface area contributed by atoms with Crippen molar-refractivity contribution in [1.29, 1.82) is 0 Å². The normalized spacial score (nSPS) is 15.6. The molecule has 3 heterocycles. The molecule has 1 saturated heterocycles. The van der Waals surface area contributed by atoms with Gasteiger partial charge < -0.3 is 9.80 Å². The number of pyridine rings is 1. The first kappa shape index (κ1) is 11.9. The summed E-state index contributed by atoms with van der Waals surface area (Å²) in [5.74, 6) is 1.87. The number of anilines is 2. The van der Waals surface area contributed by atoms with Gasteiger partial charge >= 0.3 is 0 Å². The molecule has 5 nitrogen and oxygen atoms in total. The average Bonchev–Trinajstić information content (AvgIpc) is 2.49. The highest BCUT2D eigenvalue weighted by Crippen LogP contribution is 2.15. The predicted molar refractivity (Wildman–Crippen MR) is 75.4 cm³/mol. The van der Waals surface area contributed by atoms with Crippen LogP contribution in [0.1, 0.15) is 5.56 Å². The number of rotatable bonds is 2. The third-order valence-corrected chi connectivity index (χ3v) is 3.33. The zero-order chi connectivity index (χ0) is 13.1. The van der Waals surface area contributed by atoms with Crippen molar-refractivity contribution in [2.24, 2.45) is 0 Å².